The third-order valence-corrected chi connectivity index (χ3v) is 8.46. The molecule has 0 saturated heterocycles. The molecule has 8 aromatic rings. The Hall–Kier alpha value is -5.94. The highest BCUT2D eigenvalue weighted by Gasteiger charge is 2.21. The predicted molar refractivity (Wildman–Crippen MR) is 180 cm³/mol. The van der Waals surface area contributed by atoms with E-state index in [9.17, 15) is 0 Å². The van der Waals surface area contributed by atoms with Crippen LogP contribution in [-0.2, 0) is 0 Å². The molecule has 0 amide bonds. The summed E-state index contributed by atoms with van der Waals surface area (Å²) < 4.78 is 8.59. The second-order valence-electron chi connectivity index (χ2n) is 11.1. The summed E-state index contributed by atoms with van der Waals surface area (Å²) in [7, 11) is 0. The number of aromatic nitrogens is 1. The van der Waals surface area contributed by atoms with Gasteiger partial charge in [0.05, 0.1) is 11.0 Å². The molecule has 9 rings (SSSR count). The molecule has 2 aromatic heterocycles. The van der Waals surface area contributed by atoms with Gasteiger partial charge in [-0.2, -0.15) is 0 Å². The van der Waals surface area contributed by atoms with Crippen LogP contribution in [0.2, 0.25) is 0 Å². The molecule has 0 fully saturated rings. The molecule has 1 atom stereocenters. The molecule has 5 heteroatoms. The molecule has 1 N–H and O–H groups in total. The third kappa shape index (κ3) is 3.94. The zero-order chi connectivity index (χ0) is 29.0. The molecular formula is C39H26N4O. The number of furan rings is 1. The first-order chi connectivity index (χ1) is 21.8. The SMILES string of the molecule is c1ccc(C2=NC(c3ccc(-n4c5ccccc5c5cc6oc7ccccc7c6cc54)cc3)=NC(c3ccccc3)N2)cc1. The average molecular weight is 567 g/mol. The van der Waals surface area contributed by atoms with Crippen molar-refractivity contribution in [2.24, 2.45) is 9.98 Å². The van der Waals surface area contributed by atoms with Crippen molar-refractivity contribution in [1.82, 2.24) is 9.88 Å². The van der Waals surface area contributed by atoms with Crippen LogP contribution in [0.25, 0.3) is 49.4 Å². The number of hydrogen-bond donors (Lipinski definition) is 1. The molecular weight excluding hydrogens is 540 g/mol. The fourth-order valence-electron chi connectivity index (χ4n) is 6.35. The van der Waals surface area contributed by atoms with Gasteiger partial charge in [0, 0.05) is 38.4 Å². The quantitative estimate of drug-likeness (QED) is 0.231. The molecule has 208 valence electrons. The Labute approximate surface area is 253 Å². The lowest BCUT2D eigenvalue weighted by Crippen LogP contribution is -2.33. The molecule has 1 aliphatic rings. The minimum atomic E-state index is -0.233. The minimum absolute atomic E-state index is 0.233. The van der Waals surface area contributed by atoms with Crippen LogP contribution in [0.4, 0.5) is 0 Å². The van der Waals surface area contributed by atoms with Crippen LogP contribution < -0.4 is 5.32 Å². The van der Waals surface area contributed by atoms with E-state index >= 15 is 0 Å². The van der Waals surface area contributed by atoms with Crippen molar-refractivity contribution in [3.63, 3.8) is 0 Å². The second-order valence-corrected chi connectivity index (χ2v) is 11.1. The zero-order valence-corrected chi connectivity index (χ0v) is 23.7. The molecule has 0 saturated carbocycles. The van der Waals surface area contributed by atoms with Crippen LogP contribution in [-0.4, -0.2) is 16.2 Å². The van der Waals surface area contributed by atoms with Crippen molar-refractivity contribution in [2.75, 3.05) is 0 Å². The molecule has 0 aliphatic carbocycles. The topological polar surface area (TPSA) is 54.8 Å². The lowest BCUT2D eigenvalue weighted by Gasteiger charge is -2.23. The molecule has 1 unspecified atom stereocenters. The van der Waals surface area contributed by atoms with Crippen molar-refractivity contribution in [3.8, 4) is 5.69 Å². The van der Waals surface area contributed by atoms with Crippen molar-refractivity contribution < 1.29 is 4.42 Å². The number of nitrogens with zero attached hydrogens (tertiary/aromatic N) is 3. The van der Waals surface area contributed by atoms with Gasteiger partial charge >= 0.3 is 0 Å². The standard InChI is InChI=1S/C39H26N4O/c1-3-11-25(12-4-1)37-40-38(26-13-5-2-6-14-26)42-39(41-37)27-19-21-28(22-20-27)43-33-17-9-7-15-29(33)31-24-36-32(23-34(31)43)30-16-8-10-18-35(30)44-36/h1-24,37H,(H,40,41,42). The Morgan fingerprint density at radius 1 is 0.545 bits per heavy atom. The lowest BCUT2D eigenvalue weighted by atomic mass is 10.1. The van der Waals surface area contributed by atoms with Gasteiger partial charge in [0.15, 0.2) is 5.84 Å². The highest BCUT2D eigenvalue weighted by Crippen LogP contribution is 2.38. The number of hydrogen-bond acceptors (Lipinski definition) is 4. The normalized spacial score (nSPS) is 15.0. The molecule has 6 aromatic carbocycles. The Kier molecular flexibility index (Phi) is 5.50. The first-order valence-electron chi connectivity index (χ1n) is 14.8. The van der Waals surface area contributed by atoms with Crippen molar-refractivity contribution in [2.45, 2.75) is 6.17 Å². The fraction of sp³-hybridized carbons (Fsp3) is 0.0256. The van der Waals surface area contributed by atoms with E-state index in [4.69, 9.17) is 14.4 Å². The van der Waals surface area contributed by atoms with Crippen LogP contribution >= 0.6 is 0 Å². The van der Waals surface area contributed by atoms with Gasteiger partial charge in [-0.25, -0.2) is 9.98 Å². The third-order valence-electron chi connectivity index (χ3n) is 8.46. The van der Waals surface area contributed by atoms with Gasteiger partial charge in [0.1, 0.15) is 23.2 Å². The molecule has 0 spiro atoms. The molecule has 1 aliphatic heterocycles. The zero-order valence-electron chi connectivity index (χ0n) is 23.7. The van der Waals surface area contributed by atoms with Gasteiger partial charge in [-0.1, -0.05) is 97.1 Å². The largest absolute Gasteiger partial charge is 0.456 e. The molecule has 0 radical (unpaired) electrons. The number of amidine groups is 2. The van der Waals surface area contributed by atoms with Gasteiger partial charge in [0.2, 0.25) is 0 Å². The van der Waals surface area contributed by atoms with Crippen LogP contribution in [0, 0.1) is 0 Å². The Balaban J connectivity index is 1.19. The average Bonchev–Trinajstić information content (AvgIpc) is 3.63. The van der Waals surface area contributed by atoms with Crippen LogP contribution in [0.5, 0.6) is 0 Å². The van der Waals surface area contributed by atoms with Crippen LogP contribution in [0.15, 0.2) is 160 Å². The van der Waals surface area contributed by atoms with E-state index < -0.39 is 0 Å². The first kappa shape index (κ1) is 24.6. The molecule has 5 nitrogen and oxygen atoms in total. The van der Waals surface area contributed by atoms with E-state index in [1.807, 2.05) is 48.5 Å². The summed E-state index contributed by atoms with van der Waals surface area (Å²) in [6.45, 7) is 0. The van der Waals surface area contributed by atoms with Crippen molar-refractivity contribution in [3.05, 3.63) is 162 Å². The van der Waals surface area contributed by atoms with Crippen molar-refractivity contribution >= 4 is 55.4 Å². The van der Waals surface area contributed by atoms with E-state index in [2.05, 4.69) is 107 Å². The molecule has 3 heterocycles. The van der Waals surface area contributed by atoms with Crippen LogP contribution in [0.1, 0.15) is 22.9 Å². The van der Waals surface area contributed by atoms with Crippen molar-refractivity contribution in [1.29, 1.82) is 0 Å². The summed E-state index contributed by atoms with van der Waals surface area (Å²) >= 11 is 0. The number of aliphatic imine (C=N–C) groups is 2. The van der Waals surface area contributed by atoms with Gasteiger partial charge in [0.25, 0.3) is 0 Å². The summed E-state index contributed by atoms with van der Waals surface area (Å²) in [6, 6.07) is 50.4. The summed E-state index contributed by atoms with van der Waals surface area (Å²) in [5, 5.41) is 8.14. The maximum atomic E-state index is 6.25. The summed E-state index contributed by atoms with van der Waals surface area (Å²) in [6.07, 6.45) is -0.233. The van der Waals surface area contributed by atoms with Gasteiger partial charge in [-0.3, -0.25) is 0 Å². The Morgan fingerprint density at radius 2 is 1.25 bits per heavy atom. The summed E-state index contributed by atoms with van der Waals surface area (Å²) in [5.41, 5.74) is 8.27. The highest BCUT2D eigenvalue weighted by atomic mass is 16.3. The number of para-hydroxylation sites is 2. The smallest absolute Gasteiger partial charge is 0.159 e. The van der Waals surface area contributed by atoms with Gasteiger partial charge in [-0.05, 0) is 54.1 Å². The van der Waals surface area contributed by atoms with Gasteiger partial charge < -0.3 is 14.3 Å². The van der Waals surface area contributed by atoms with E-state index in [0.29, 0.717) is 5.84 Å². The fourth-order valence-corrected chi connectivity index (χ4v) is 6.35. The maximum Gasteiger partial charge on any atom is 0.159 e. The summed E-state index contributed by atoms with van der Waals surface area (Å²) in [5.74, 6) is 1.52. The Bertz CT molecular complexity index is 2400. The number of fused-ring (bicyclic) bond motifs is 6. The highest BCUT2D eigenvalue weighted by molar-refractivity contribution is 6.17. The lowest BCUT2D eigenvalue weighted by molar-refractivity contribution is 0.669. The molecule has 0 bridgehead atoms. The number of rotatable bonds is 4. The number of nitrogens with one attached hydrogen (secondary N) is 1. The molecule has 44 heavy (non-hydrogen) atoms. The maximum absolute atomic E-state index is 6.25. The first-order valence-corrected chi connectivity index (χ1v) is 14.8. The van der Waals surface area contributed by atoms with Crippen LogP contribution in [0.3, 0.4) is 0 Å². The minimum Gasteiger partial charge on any atom is -0.456 e. The Morgan fingerprint density at radius 3 is 2.07 bits per heavy atom. The second kappa shape index (κ2) is 9.82. The summed E-state index contributed by atoms with van der Waals surface area (Å²) in [4.78, 5) is 10.0. The monoisotopic (exact) mass is 566 g/mol. The van der Waals surface area contributed by atoms with E-state index in [-0.39, 0.29) is 6.17 Å². The van der Waals surface area contributed by atoms with E-state index in [0.717, 1.165) is 61.2 Å². The van der Waals surface area contributed by atoms with Gasteiger partial charge in [-0.15, -0.1) is 0 Å². The number of benzene rings is 6. The predicted octanol–water partition coefficient (Wildman–Crippen LogP) is 9.18. The van der Waals surface area contributed by atoms with E-state index in [1.165, 1.54) is 10.8 Å². The van der Waals surface area contributed by atoms with E-state index in [1.54, 1.807) is 0 Å².